The van der Waals surface area contributed by atoms with Crippen LogP contribution in [0.4, 0.5) is 17.6 Å². The van der Waals surface area contributed by atoms with Gasteiger partial charge in [0.15, 0.2) is 0 Å². The minimum atomic E-state index is 0.373. The minimum absolute atomic E-state index is 0.373. The highest BCUT2D eigenvalue weighted by molar-refractivity contribution is 5.55. The largest absolute Gasteiger partial charge is 0.378 e. The predicted octanol–water partition coefficient (Wildman–Crippen LogP) is 0.180. The highest BCUT2D eigenvalue weighted by atomic mass is 16.5. The second-order valence-corrected chi connectivity index (χ2v) is 6.31. The Morgan fingerprint density at radius 1 is 0.955 bits per heavy atom. The third kappa shape index (κ3) is 2.70. The lowest BCUT2D eigenvalue weighted by atomic mass is 10.1. The molecule has 0 aromatic carbocycles. The lowest BCUT2D eigenvalue weighted by Gasteiger charge is -2.33. The topological polar surface area (TPSA) is 70.8 Å². The Kier molecular flexibility index (Phi) is 3.75. The lowest BCUT2D eigenvalue weighted by molar-refractivity contribution is 0.122. The Morgan fingerprint density at radius 3 is 2.45 bits per heavy atom. The molecule has 7 nitrogen and oxygen atoms in total. The van der Waals surface area contributed by atoms with Crippen LogP contribution in [0.1, 0.15) is 12.8 Å². The molecule has 0 radical (unpaired) electrons. The minimum Gasteiger partial charge on any atom is -0.378 e. The second kappa shape index (κ2) is 5.89. The van der Waals surface area contributed by atoms with E-state index in [0.717, 1.165) is 51.0 Å². The van der Waals surface area contributed by atoms with Crippen molar-refractivity contribution in [3.05, 3.63) is 6.07 Å². The monoisotopic (exact) mass is 304 g/mol. The van der Waals surface area contributed by atoms with Gasteiger partial charge in [0, 0.05) is 51.4 Å². The number of ether oxygens (including phenoxy) is 1. The molecule has 0 amide bonds. The number of nitrogen functional groups attached to an aromatic ring is 1. The SMILES string of the molecule is Nc1nc(N2CCOCC2)cc(N2CCN3CCC2CC3)n1. The molecule has 4 aliphatic rings. The van der Waals surface area contributed by atoms with Crippen LogP contribution in [0.2, 0.25) is 0 Å². The van der Waals surface area contributed by atoms with Gasteiger partial charge in [-0.1, -0.05) is 0 Å². The molecule has 5 heterocycles. The number of morpholine rings is 1. The molecule has 22 heavy (non-hydrogen) atoms. The molecule has 0 aliphatic carbocycles. The number of hydrogen-bond acceptors (Lipinski definition) is 7. The Labute approximate surface area is 131 Å². The Morgan fingerprint density at radius 2 is 1.68 bits per heavy atom. The van der Waals surface area contributed by atoms with Crippen LogP contribution in [0.3, 0.4) is 0 Å². The zero-order chi connectivity index (χ0) is 14.9. The van der Waals surface area contributed by atoms with Gasteiger partial charge in [-0.15, -0.1) is 0 Å². The van der Waals surface area contributed by atoms with Crippen LogP contribution in [0.25, 0.3) is 0 Å². The molecule has 1 aromatic heterocycles. The van der Waals surface area contributed by atoms with Gasteiger partial charge >= 0.3 is 0 Å². The Hall–Kier alpha value is -1.60. The van der Waals surface area contributed by atoms with E-state index in [1.807, 2.05) is 0 Å². The molecular formula is C15H24N6O. The Bertz CT molecular complexity index is 525. The van der Waals surface area contributed by atoms with Gasteiger partial charge < -0.3 is 25.2 Å². The number of fused-ring (bicyclic) bond motifs is 4. The van der Waals surface area contributed by atoms with Gasteiger partial charge in [0.2, 0.25) is 5.95 Å². The maximum Gasteiger partial charge on any atom is 0.223 e. The van der Waals surface area contributed by atoms with Gasteiger partial charge in [0.05, 0.1) is 13.2 Å². The maximum absolute atomic E-state index is 5.99. The summed E-state index contributed by atoms with van der Waals surface area (Å²) in [6.07, 6.45) is 2.44. The van der Waals surface area contributed by atoms with E-state index in [9.17, 15) is 0 Å². The Balaban J connectivity index is 1.61. The normalized spacial score (nSPS) is 28.7. The van der Waals surface area contributed by atoms with Crippen molar-refractivity contribution in [2.75, 3.05) is 68.0 Å². The quantitative estimate of drug-likeness (QED) is 0.835. The molecule has 2 bridgehead atoms. The summed E-state index contributed by atoms with van der Waals surface area (Å²) in [5.74, 6) is 2.30. The van der Waals surface area contributed by atoms with Crippen molar-refractivity contribution in [3.63, 3.8) is 0 Å². The summed E-state index contributed by atoms with van der Waals surface area (Å²) in [5, 5.41) is 0. The summed E-state index contributed by atoms with van der Waals surface area (Å²) in [5.41, 5.74) is 5.99. The average Bonchev–Trinajstić information content (AvgIpc) is 2.89. The molecule has 0 atom stereocenters. The summed E-state index contributed by atoms with van der Waals surface area (Å²) >= 11 is 0. The molecule has 4 aliphatic heterocycles. The first kappa shape index (κ1) is 14.0. The van der Waals surface area contributed by atoms with E-state index < -0.39 is 0 Å². The van der Waals surface area contributed by atoms with Crippen LogP contribution in [0.5, 0.6) is 0 Å². The third-order valence-corrected chi connectivity index (χ3v) is 5.00. The first-order chi connectivity index (χ1) is 10.8. The highest BCUT2D eigenvalue weighted by Crippen LogP contribution is 2.28. The molecule has 0 saturated carbocycles. The number of rotatable bonds is 2. The number of aromatic nitrogens is 2. The van der Waals surface area contributed by atoms with Gasteiger partial charge in [-0.3, -0.25) is 0 Å². The average molecular weight is 304 g/mol. The summed E-state index contributed by atoms with van der Waals surface area (Å²) in [6, 6.07) is 2.70. The summed E-state index contributed by atoms with van der Waals surface area (Å²) in [7, 11) is 0. The molecule has 4 fully saturated rings. The van der Waals surface area contributed by atoms with E-state index in [4.69, 9.17) is 10.5 Å². The van der Waals surface area contributed by atoms with E-state index in [0.29, 0.717) is 12.0 Å². The lowest BCUT2D eigenvalue weighted by Crippen LogP contribution is -2.39. The van der Waals surface area contributed by atoms with Crippen LogP contribution >= 0.6 is 0 Å². The van der Waals surface area contributed by atoms with Crippen molar-refractivity contribution >= 4 is 17.6 Å². The maximum atomic E-state index is 5.99. The number of anilines is 3. The molecule has 7 heteroatoms. The fourth-order valence-corrected chi connectivity index (χ4v) is 3.73. The van der Waals surface area contributed by atoms with Crippen molar-refractivity contribution < 1.29 is 4.74 Å². The van der Waals surface area contributed by atoms with Crippen molar-refractivity contribution in [2.45, 2.75) is 18.9 Å². The highest BCUT2D eigenvalue weighted by Gasteiger charge is 2.30. The van der Waals surface area contributed by atoms with Crippen LogP contribution < -0.4 is 15.5 Å². The molecule has 0 spiro atoms. The summed E-state index contributed by atoms with van der Waals surface area (Å²) in [6.45, 7) is 7.80. The van der Waals surface area contributed by atoms with E-state index in [2.05, 4.69) is 30.7 Å². The predicted molar refractivity (Wildman–Crippen MR) is 86.3 cm³/mol. The fraction of sp³-hybridized carbons (Fsp3) is 0.733. The molecule has 2 N–H and O–H groups in total. The number of piperidine rings is 1. The van der Waals surface area contributed by atoms with Crippen molar-refractivity contribution in [2.24, 2.45) is 0 Å². The van der Waals surface area contributed by atoms with E-state index in [1.54, 1.807) is 0 Å². The first-order valence-corrected chi connectivity index (χ1v) is 8.26. The molecule has 0 unspecified atom stereocenters. The van der Waals surface area contributed by atoms with Crippen molar-refractivity contribution in [1.82, 2.24) is 14.9 Å². The van der Waals surface area contributed by atoms with Gasteiger partial charge in [0.25, 0.3) is 0 Å². The fourth-order valence-electron chi connectivity index (χ4n) is 3.73. The molecule has 4 saturated heterocycles. The van der Waals surface area contributed by atoms with Crippen LogP contribution in [-0.4, -0.2) is 73.4 Å². The van der Waals surface area contributed by atoms with Crippen molar-refractivity contribution in [3.8, 4) is 0 Å². The number of nitrogens with two attached hydrogens (primary N) is 1. The van der Waals surface area contributed by atoms with Gasteiger partial charge in [-0.05, 0) is 12.8 Å². The van der Waals surface area contributed by atoms with Crippen LogP contribution in [0, 0.1) is 0 Å². The van der Waals surface area contributed by atoms with Gasteiger partial charge in [-0.25, -0.2) is 0 Å². The van der Waals surface area contributed by atoms with Crippen molar-refractivity contribution in [1.29, 1.82) is 0 Å². The molecule has 1 aromatic rings. The zero-order valence-electron chi connectivity index (χ0n) is 12.9. The third-order valence-electron chi connectivity index (χ3n) is 5.00. The molecule has 120 valence electrons. The van der Waals surface area contributed by atoms with Gasteiger partial charge in [-0.2, -0.15) is 9.97 Å². The zero-order valence-corrected chi connectivity index (χ0v) is 12.9. The number of hydrogen-bond donors (Lipinski definition) is 1. The second-order valence-electron chi connectivity index (χ2n) is 6.31. The standard InChI is InChI=1S/C15H24N6O/c16-15-17-13(20-7-9-22-10-8-20)11-14(18-15)21-6-5-19-3-1-12(21)2-4-19/h11-12H,1-10H2,(H2,16,17,18). The van der Waals surface area contributed by atoms with E-state index in [-0.39, 0.29) is 0 Å². The number of nitrogens with zero attached hydrogens (tertiary/aromatic N) is 5. The van der Waals surface area contributed by atoms with Crippen LogP contribution in [0.15, 0.2) is 6.07 Å². The smallest absolute Gasteiger partial charge is 0.223 e. The summed E-state index contributed by atoms with van der Waals surface area (Å²) < 4.78 is 5.42. The van der Waals surface area contributed by atoms with Gasteiger partial charge in [0.1, 0.15) is 11.6 Å². The van der Waals surface area contributed by atoms with E-state index in [1.165, 1.54) is 25.9 Å². The van der Waals surface area contributed by atoms with E-state index >= 15 is 0 Å². The first-order valence-electron chi connectivity index (χ1n) is 8.26. The molecule has 5 rings (SSSR count). The summed E-state index contributed by atoms with van der Waals surface area (Å²) in [4.78, 5) is 16.2. The van der Waals surface area contributed by atoms with Crippen LogP contribution in [-0.2, 0) is 4.74 Å². The molecular weight excluding hydrogens is 280 g/mol.